The molecule has 1 N–H and O–H groups in total. The average molecular weight is 256 g/mol. The molecule has 4 nitrogen and oxygen atoms in total. The van der Waals surface area contributed by atoms with E-state index in [0.717, 1.165) is 0 Å². The zero-order chi connectivity index (χ0) is 13.4. The van der Waals surface area contributed by atoms with Gasteiger partial charge in [-0.05, 0) is 24.3 Å². The molecule has 0 aliphatic rings. The highest BCUT2D eigenvalue weighted by Gasteiger charge is 2.17. The molecule has 0 aliphatic heterocycles. The van der Waals surface area contributed by atoms with E-state index in [0.29, 0.717) is 11.0 Å². The topological polar surface area (TPSA) is 55.1 Å². The number of hydrogen-bond acceptors (Lipinski definition) is 2. The number of carboxylic acid groups (broad SMARTS) is 1. The molecule has 0 radical (unpaired) electrons. The van der Waals surface area contributed by atoms with Crippen molar-refractivity contribution in [2.75, 3.05) is 0 Å². The number of carboxylic acids is 1. The number of halogens is 1. The summed E-state index contributed by atoms with van der Waals surface area (Å²) in [6, 6.07) is 11.1. The maximum Gasteiger partial charge on any atom is 0.337 e. The van der Waals surface area contributed by atoms with E-state index in [1.165, 1.54) is 29.1 Å². The van der Waals surface area contributed by atoms with Crippen LogP contribution in [0.15, 0.2) is 48.8 Å². The van der Waals surface area contributed by atoms with Gasteiger partial charge in [0.25, 0.3) is 0 Å². The Morgan fingerprint density at radius 1 is 1.16 bits per heavy atom. The van der Waals surface area contributed by atoms with Crippen LogP contribution in [0.5, 0.6) is 0 Å². The van der Waals surface area contributed by atoms with Crippen LogP contribution in [0.25, 0.3) is 16.7 Å². The molecule has 0 amide bonds. The maximum atomic E-state index is 14.0. The molecule has 94 valence electrons. The Bertz CT molecular complexity index is 780. The summed E-state index contributed by atoms with van der Waals surface area (Å²) in [6.07, 6.45) is 1.43. The van der Waals surface area contributed by atoms with Crippen molar-refractivity contribution >= 4 is 17.0 Å². The third-order valence-electron chi connectivity index (χ3n) is 2.91. The van der Waals surface area contributed by atoms with Crippen molar-refractivity contribution in [1.29, 1.82) is 0 Å². The van der Waals surface area contributed by atoms with Gasteiger partial charge in [0.05, 0.1) is 22.3 Å². The van der Waals surface area contributed by atoms with E-state index in [9.17, 15) is 9.18 Å². The lowest BCUT2D eigenvalue weighted by Gasteiger charge is -2.09. The first-order valence-corrected chi connectivity index (χ1v) is 5.63. The van der Waals surface area contributed by atoms with Crippen LogP contribution < -0.4 is 0 Å². The Kier molecular flexibility index (Phi) is 2.52. The van der Waals surface area contributed by atoms with Crippen LogP contribution in [0.3, 0.4) is 0 Å². The molecule has 19 heavy (non-hydrogen) atoms. The zero-order valence-electron chi connectivity index (χ0n) is 9.75. The first-order valence-electron chi connectivity index (χ1n) is 5.63. The lowest BCUT2D eigenvalue weighted by Crippen LogP contribution is -2.07. The fourth-order valence-electron chi connectivity index (χ4n) is 2.07. The van der Waals surface area contributed by atoms with Crippen molar-refractivity contribution in [1.82, 2.24) is 9.55 Å². The number of rotatable bonds is 2. The summed E-state index contributed by atoms with van der Waals surface area (Å²) in [4.78, 5) is 15.3. The average Bonchev–Trinajstić information content (AvgIpc) is 2.82. The molecular weight excluding hydrogens is 247 g/mol. The minimum absolute atomic E-state index is 0.00343. The zero-order valence-corrected chi connectivity index (χ0v) is 9.75. The van der Waals surface area contributed by atoms with Crippen LogP contribution >= 0.6 is 0 Å². The van der Waals surface area contributed by atoms with Crippen LogP contribution in [0.4, 0.5) is 4.39 Å². The van der Waals surface area contributed by atoms with Crippen LogP contribution in [-0.2, 0) is 0 Å². The highest BCUT2D eigenvalue weighted by Crippen LogP contribution is 2.23. The maximum absolute atomic E-state index is 14.0. The molecule has 0 saturated heterocycles. The van der Waals surface area contributed by atoms with Gasteiger partial charge in [-0.3, -0.25) is 4.57 Å². The Hall–Kier alpha value is -2.69. The fourth-order valence-corrected chi connectivity index (χ4v) is 2.07. The second kappa shape index (κ2) is 4.20. The third kappa shape index (κ3) is 1.76. The first-order chi connectivity index (χ1) is 9.18. The van der Waals surface area contributed by atoms with Crippen molar-refractivity contribution in [3.63, 3.8) is 0 Å². The molecule has 0 unspecified atom stereocenters. The Balaban J connectivity index is 2.36. The van der Waals surface area contributed by atoms with E-state index in [1.807, 2.05) is 6.07 Å². The van der Waals surface area contributed by atoms with Crippen molar-refractivity contribution in [2.45, 2.75) is 0 Å². The monoisotopic (exact) mass is 256 g/mol. The van der Waals surface area contributed by atoms with Gasteiger partial charge in [-0.1, -0.05) is 18.2 Å². The molecule has 0 bridgehead atoms. The molecule has 5 heteroatoms. The molecule has 2 aromatic carbocycles. The molecule has 3 rings (SSSR count). The molecule has 0 atom stereocenters. The number of carbonyl (C=O) groups is 1. The van der Waals surface area contributed by atoms with Gasteiger partial charge in [0.1, 0.15) is 12.1 Å². The standard InChI is InChI=1S/C14H9FN2O2/c15-10-5-3-4-9(14(18)19)13(10)17-8-16-11-6-1-2-7-12(11)17/h1-8H,(H,18,19). The van der Waals surface area contributed by atoms with Gasteiger partial charge in [-0.2, -0.15) is 0 Å². The summed E-state index contributed by atoms with van der Waals surface area (Å²) in [7, 11) is 0. The van der Waals surface area contributed by atoms with Crippen LogP contribution in [0, 0.1) is 5.82 Å². The molecule has 0 fully saturated rings. The third-order valence-corrected chi connectivity index (χ3v) is 2.91. The summed E-state index contributed by atoms with van der Waals surface area (Å²) >= 11 is 0. The van der Waals surface area contributed by atoms with Crippen molar-refractivity contribution < 1.29 is 14.3 Å². The minimum atomic E-state index is -1.17. The Morgan fingerprint density at radius 3 is 2.74 bits per heavy atom. The highest BCUT2D eigenvalue weighted by molar-refractivity contribution is 5.93. The number of benzene rings is 2. The molecule has 1 aromatic heterocycles. The van der Waals surface area contributed by atoms with Crippen LogP contribution in [-0.4, -0.2) is 20.6 Å². The van der Waals surface area contributed by atoms with E-state index in [-0.39, 0.29) is 11.3 Å². The van der Waals surface area contributed by atoms with Crippen molar-refractivity contribution in [3.05, 3.63) is 60.2 Å². The highest BCUT2D eigenvalue weighted by atomic mass is 19.1. The molecule has 0 saturated carbocycles. The van der Waals surface area contributed by atoms with E-state index < -0.39 is 11.8 Å². The summed E-state index contributed by atoms with van der Waals surface area (Å²) < 4.78 is 15.4. The molecule has 0 spiro atoms. The normalized spacial score (nSPS) is 10.8. The van der Waals surface area contributed by atoms with E-state index >= 15 is 0 Å². The van der Waals surface area contributed by atoms with Gasteiger partial charge >= 0.3 is 5.97 Å². The lowest BCUT2D eigenvalue weighted by molar-refractivity contribution is 0.0696. The second-order valence-corrected chi connectivity index (χ2v) is 4.04. The van der Waals surface area contributed by atoms with Gasteiger partial charge in [-0.25, -0.2) is 14.2 Å². The summed E-state index contributed by atoms with van der Waals surface area (Å²) in [5, 5.41) is 9.16. The summed E-state index contributed by atoms with van der Waals surface area (Å²) in [5.74, 6) is -1.77. The summed E-state index contributed by atoms with van der Waals surface area (Å²) in [5.41, 5.74) is 1.25. The SMILES string of the molecule is O=C(O)c1cccc(F)c1-n1cnc2ccccc21. The molecule has 0 aliphatic carbocycles. The molecular formula is C14H9FN2O2. The number of para-hydroxylation sites is 3. The van der Waals surface area contributed by atoms with Crippen LogP contribution in [0.2, 0.25) is 0 Å². The van der Waals surface area contributed by atoms with Crippen molar-refractivity contribution in [2.24, 2.45) is 0 Å². The van der Waals surface area contributed by atoms with E-state index in [4.69, 9.17) is 5.11 Å². The largest absolute Gasteiger partial charge is 0.478 e. The quantitative estimate of drug-likeness (QED) is 0.767. The predicted octanol–water partition coefficient (Wildman–Crippen LogP) is 2.86. The second-order valence-electron chi connectivity index (χ2n) is 4.04. The van der Waals surface area contributed by atoms with Crippen LogP contribution in [0.1, 0.15) is 10.4 Å². The van der Waals surface area contributed by atoms with E-state index in [1.54, 1.807) is 18.2 Å². The van der Waals surface area contributed by atoms with Gasteiger partial charge in [0.2, 0.25) is 0 Å². The van der Waals surface area contributed by atoms with Gasteiger partial charge in [0, 0.05) is 0 Å². The number of fused-ring (bicyclic) bond motifs is 1. The lowest BCUT2D eigenvalue weighted by atomic mass is 10.1. The predicted molar refractivity (Wildman–Crippen MR) is 68.0 cm³/mol. The van der Waals surface area contributed by atoms with Gasteiger partial charge < -0.3 is 5.11 Å². The minimum Gasteiger partial charge on any atom is -0.478 e. The number of aromatic carboxylic acids is 1. The fraction of sp³-hybridized carbons (Fsp3) is 0. The molecule has 1 heterocycles. The first kappa shape index (κ1) is 11.4. The number of imidazole rings is 1. The van der Waals surface area contributed by atoms with Gasteiger partial charge in [0.15, 0.2) is 0 Å². The van der Waals surface area contributed by atoms with Gasteiger partial charge in [-0.15, -0.1) is 0 Å². The molecule has 3 aromatic rings. The number of hydrogen-bond donors (Lipinski definition) is 1. The Morgan fingerprint density at radius 2 is 1.95 bits per heavy atom. The Labute approximate surface area is 107 Å². The number of aromatic nitrogens is 2. The summed E-state index contributed by atoms with van der Waals surface area (Å²) in [6.45, 7) is 0. The smallest absolute Gasteiger partial charge is 0.337 e. The van der Waals surface area contributed by atoms with E-state index in [2.05, 4.69) is 4.98 Å². The number of nitrogens with zero attached hydrogens (tertiary/aromatic N) is 2. The van der Waals surface area contributed by atoms with Crippen molar-refractivity contribution in [3.8, 4) is 5.69 Å².